The molecule has 0 aromatic heterocycles. The van der Waals surface area contributed by atoms with Crippen molar-refractivity contribution in [2.45, 2.75) is 33.1 Å². The second-order valence-corrected chi connectivity index (χ2v) is 6.93. The first-order chi connectivity index (χ1) is 12.6. The summed E-state index contributed by atoms with van der Waals surface area (Å²) in [6.45, 7) is 5.34. The standard InChI is InChI=1S/C22H26N2O2/c1-3-17-6-4-5-7-20(17)23-21(25)18-12-14-24(15-13-18)22(26)19-10-8-16(2)9-11-19/h4-11,18H,3,12-15H2,1-2H3,(H,23,25). The Labute approximate surface area is 155 Å². The third-order valence-electron chi connectivity index (χ3n) is 5.11. The fraction of sp³-hybridized carbons (Fsp3) is 0.364. The fourth-order valence-corrected chi connectivity index (χ4v) is 3.41. The molecule has 1 aliphatic rings. The number of rotatable bonds is 4. The van der Waals surface area contributed by atoms with Gasteiger partial charge in [-0.15, -0.1) is 0 Å². The van der Waals surface area contributed by atoms with Gasteiger partial charge in [0, 0.05) is 30.3 Å². The zero-order valence-corrected chi connectivity index (χ0v) is 15.5. The molecule has 0 bridgehead atoms. The van der Waals surface area contributed by atoms with Crippen LogP contribution in [0.25, 0.3) is 0 Å². The number of aryl methyl sites for hydroxylation is 2. The first-order valence-electron chi connectivity index (χ1n) is 9.33. The molecule has 0 unspecified atom stereocenters. The molecule has 2 amide bonds. The molecule has 1 heterocycles. The van der Waals surface area contributed by atoms with Gasteiger partial charge in [0.25, 0.3) is 5.91 Å². The molecule has 0 atom stereocenters. The molecular weight excluding hydrogens is 324 g/mol. The minimum atomic E-state index is -0.0398. The molecule has 3 rings (SSSR count). The first-order valence-corrected chi connectivity index (χ1v) is 9.33. The highest BCUT2D eigenvalue weighted by atomic mass is 16.2. The van der Waals surface area contributed by atoms with E-state index in [1.165, 1.54) is 0 Å². The molecule has 1 fully saturated rings. The maximum absolute atomic E-state index is 12.6. The lowest BCUT2D eigenvalue weighted by Crippen LogP contribution is -2.41. The number of nitrogens with zero attached hydrogens (tertiary/aromatic N) is 1. The van der Waals surface area contributed by atoms with Crippen LogP contribution in [0.5, 0.6) is 0 Å². The zero-order valence-electron chi connectivity index (χ0n) is 15.5. The molecule has 0 saturated carbocycles. The van der Waals surface area contributed by atoms with E-state index in [0.29, 0.717) is 25.9 Å². The fourth-order valence-electron chi connectivity index (χ4n) is 3.41. The van der Waals surface area contributed by atoms with Gasteiger partial charge in [0.1, 0.15) is 0 Å². The van der Waals surface area contributed by atoms with Gasteiger partial charge in [-0.2, -0.15) is 0 Å². The Morgan fingerprint density at radius 3 is 2.35 bits per heavy atom. The Hall–Kier alpha value is -2.62. The van der Waals surface area contributed by atoms with Crippen LogP contribution in [0.4, 0.5) is 5.69 Å². The Morgan fingerprint density at radius 1 is 1.04 bits per heavy atom. The molecule has 0 aliphatic carbocycles. The summed E-state index contributed by atoms with van der Waals surface area (Å²) in [5.41, 5.74) is 3.91. The third-order valence-corrected chi connectivity index (χ3v) is 5.11. The molecule has 2 aromatic carbocycles. The van der Waals surface area contributed by atoms with Gasteiger partial charge in [0.15, 0.2) is 0 Å². The van der Waals surface area contributed by atoms with Gasteiger partial charge in [0.2, 0.25) is 5.91 Å². The predicted molar refractivity (Wildman–Crippen MR) is 104 cm³/mol. The smallest absolute Gasteiger partial charge is 0.253 e. The van der Waals surface area contributed by atoms with Crippen molar-refractivity contribution in [1.29, 1.82) is 0 Å². The van der Waals surface area contributed by atoms with Crippen LogP contribution in [0.15, 0.2) is 48.5 Å². The number of piperidine rings is 1. The molecule has 4 heteroatoms. The maximum atomic E-state index is 12.6. The van der Waals surface area contributed by atoms with Crippen LogP contribution >= 0.6 is 0 Å². The van der Waals surface area contributed by atoms with Gasteiger partial charge < -0.3 is 10.2 Å². The maximum Gasteiger partial charge on any atom is 0.253 e. The summed E-state index contributed by atoms with van der Waals surface area (Å²) in [6, 6.07) is 15.6. The molecule has 4 nitrogen and oxygen atoms in total. The van der Waals surface area contributed by atoms with Crippen molar-refractivity contribution in [3.63, 3.8) is 0 Å². The monoisotopic (exact) mass is 350 g/mol. The van der Waals surface area contributed by atoms with Crippen molar-refractivity contribution in [2.75, 3.05) is 18.4 Å². The second kappa shape index (κ2) is 8.17. The van der Waals surface area contributed by atoms with Crippen LogP contribution in [0.1, 0.15) is 41.3 Å². The zero-order chi connectivity index (χ0) is 18.5. The van der Waals surface area contributed by atoms with Crippen LogP contribution in [0.3, 0.4) is 0 Å². The van der Waals surface area contributed by atoms with Crippen molar-refractivity contribution < 1.29 is 9.59 Å². The lowest BCUT2D eigenvalue weighted by molar-refractivity contribution is -0.121. The SMILES string of the molecule is CCc1ccccc1NC(=O)C1CCN(C(=O)c2ccc(C)cc2)CC1. The van der Waals surface area contributed by atoms with Crippen molar-refractivity contribution in [2.24, 2.45) is 5.92 Å². The van der Waals surface area contributed by atoms with E-state index in [2.05, 4.69) is 12.2 Å². The number of carbonyl (C=O) groups excluding carboxylic acids is 2. The third kappa shape index (κ3) is 4.13. The quantitative estimate of drug-likeness (QED) is 0.904. The van der Waals surface area contributed by atoms with Gasteiger partial charge in [-0.25, -0.2) is 0 Å². The van der Waals surface area contributed by atoms with E-state index in [0.717, 1.165) is 28.8 Å². The van der Waals surface area contributed by atoms with Crippen molar-refractivity contribution in [1.82, 2.24) is 4.90 Å². The Bertz CT molecular complexity index is 775. The topological polar surface area (TPSA) is 49.4 Å². The van der Waals surface area contributed by atoms with Gasteiger partial charge in [-0.1, -0.05) is 42.8 Å². The molecule has 1 N–H and O–H groups in total. The Morgan fingerprint density at radius 2 is 1.69 bits per heavy atom. The number of benzene rings is 2. The molecule has 1 saturated heterocycles. The summed E-state index contributed by atoms with van der Waals surface area (Å²) < 4.78 is 0. The molecule has 26 heavy (non-hydrogen) atoms. The number of likely N-dealkylation sites (tertiary alicyclic amines) is 1. The van der Waals surface area contributed by atoms with E-state index in [-0.39, 0.29) is 17.7 Å². The summed E-state index contributed by atoms with van der Waals surface area (Å²) in [7, 11) is 0. The van der Waals surface area contributed by atoms with E-state index in [9.17, 15) is 9.59 Å². The van der Waals surface area contributed by atoms with Gasteiger partial charge in [-0.05, 0) is 49.9 Å². The van der Waals surface area contributed by atoms with E-state index in [1.807, 2.05) is 60.4 Å². The van der Waals surface area contributed by atoms with Gasteiger partial charge in [0.05, 0.1) is 0 Å². The number of hydrogen-bond donors (Lipinski definition) is 1. The van der Waals surface area contributed by atoms with Crippen LogP contribution in [0.2, 0.25) is 0 Å². The predicted octanol–water partition coefficient (Wildman–Crippen LogP) is 4.05. The first kappa shape index (κ1) is 18.2. The summed E-state index contributed by atoms with van der Waals surface area (Å²) in [5.74, 6) is 0.0792. The molecule has 0 spiro atoms. The highest BCUT2D eigenvalue weighted by molar-refractivity contribution is 5.95. The minimum Gasteiger partial charge on any atom is -0.339 e. The van der Waals surface area contributed by atoms with Crippen LogP contribution in [0, 0.1) is 12.8 Å². The normalized spacial score (nSPS) is 14.9. The Kier molecular flexibility index (Phi) is 5.71. The van der Waals surface area contributed by atoms with Crippen LogP contribution in [-0.2, 0) is 11.2 Å². The summed E-state index contributed by atoms with van der Waals surface area (Å²) in [4.78, 5) is 27.0. The highest BCUT2D eigenvalue weighted by Gasteiger charge is 2.28. The van der Waals surface area contributed by atoms with Crippen LogP contribution in [-0.4, -0.2) is 29.8 Å². The number of hydrogen-bond acceptors (Lipinski definition) is 2. The molecule has 136 valence electrons. The Balaban J connectivity index is 1.57. The van der Waals surface area contributed by atoms with E-state index >= 15 is 0 Å². The minimum absolute atomic E-state index is 0.0398. The van der Waals surface area contributed by atoms with E-state index in [4.69, 9.17) is 0 Å². The van der Waals surface area contributed by atoms with Crippen LogP contribution < -0.4 is 5.32 Å². The van der Waals surface area contributed by atoms with E-state index in [1.54, 1.807) is 0 Å². The van der Waals surface area contributed by atoms with Gasteiger partial charge >= 0.3 is 0 Å². The second-order valence-electron chi connectivity index (χ2n) is 6.93. The van der Waals surface area contributed by atoms with Crippen molar-refractivity contribution in [3.8, 4) is 0 Å². The number of carbonyl (C=O) groups is 2. The molecule has 0 radical (unpaired) electrons. The molecule has 1 aliphatic heterocycles. The number of anilines is 1. The highest BCUT2D eigenvalue weighted by Crippen LogP contribution is 2.23. The van der Waals surface area contributed by atoms with Crippen molar-refractivity contribution in [3.05, 3.63) is 65.2 Å². The number of nitrogens with one attached hydrogen (secondary N) is 1. The van der Waals surface area contributed by atoms with Crippen molar-refractivity contribution >= 4 is 17.5 Å². The largest absolute Gasteiger partial charge is 0.339 e. The summed E-state index contributed by atoms with van der Waals surface area (Å²) >= 11 is 0. The lowest BCUT2D eigenvalue weighted by Gasteiger charge is -2.31. The van der Waals surface area contributed by atoms with Gasteiger partial charge in [-0.3, -0.25) is 9.59 Å². The molecule has 2 aromatic rings. The average Bonchev–Trinajstić information content (AvgIpc) is 2.68. The molecular formula is C22H26N2O2. The number of para-hydroxylation sites is 1. The summed E-state index contributed by atoms with van der Waals surface area (Å²) in [5, 5.41) is 3.07. The average molecular weight is 350 g/mol. The number of amides is 2. The lowest BCUT2D eigenvalue weighted by atomic mass is 9.95. The van der Waals surface area contributed by atoms with E-state index < -0.39 is 0 Å². The summed E-state index contributed by atoms with van der Waals surface area (Å²) in [6.07, 6.45) is 2.30.